The maximum absolute atomic E-state index is 9.78. The molecule has 0 saturated carbocycles. The van der Waals surface area contributed by atoms with E-state index in [0.717, 1.165) is 30.8 Å². The van der Waals surface area contributed by atoms with E-state index >= 15 is 0 Å². The summed E-state index contributed by atoms with van der Waals surface area (Å²) in [6.07, 6.45) is 1.61. The van der Waals surface area contributed by atoms with E-state index in [1.165, 1.54) is 0 Å². The average Bonchev–Trinajstić information content (AvgIpc) is 2.76. The van der Waals surface area contributed by atoms with Crippen molar-refractivity contribution in [1.29, 1.82) is 0 Å². The van der Waals surface area contributed by atoms with Crippen LogP contribution in [0.4, 0.5) is 0 Å². The summed E-state index contributed by atoms with van der Waals surface area (Å²) in [6, 6.07) is 7.62. The third-order valence-electron chi connectivity index (χ3n) is 3.97. The Morgan fingerprint density at radius 2 is 2.18 bits per heavy atom. The van der Waals surface area contributed by atoms with Crippen molar-refractivity contribution in [3.8, 4) is 11.4 Å². The molecule has 1 saturated heterocycles. The molecule has 2 aromatic rings. The van der Waals surface area contributed by atoms with E-state index in [1.807, 2.05) is 35.9 Å². The van der Waals surface area contributed by atoms with Gasteiger partial charge in [-0.2, -0.15) is 5.10 Å². The van der Waals surface area contributed by atoms with Crippen LogP contribution >= 0.6 is 23.8 Å². The number of likely N-dealkylation sites (tertiary alicyclic amines) is 1. The van der Waals surface area contributed by atoms with E-state index < -0.39 is 0 Å². The van der Waals surface area contributed by atoms with Crippen LogP contribution in [0.2, 0.25) is 5.02 Å². The summed E-state index contributed by atoms with van der Waals surface area (Å²) in [6.45, 7) is 2.21. The Bertz CT molecular complexity index is 727. The predicted octanol–water partition coefficient (Wildman–Crippen LogP) is 2.69. The summed E-state index contributed by atoms with van der Waals surface area (Å²) in [5.41, 5.74) is 0.871. The molecule has 22 heavy (non-hydrogen) atoms. The van der Waals surface area contributed by atoms with Gasteiger partial charge in [0.15, 0.2) is 10.6 Å². The lowest BCUT2D eigenvalue weighted by molar-refractivity contribution is 0.0513. The third-order valence-corrected chi connectivity index (χ3v) is 4.78. The van der Waals surface area contributed by atoms with Gasteiger partial charge in [-0.3, -0.25) is 4.90 Å². The van der Waals surface area contributed by atoms with Gasteiger partial charge in [0, 0.05) is 25.7 Å². The quantitative estimate of drug-likeness (QED) is 0.874. The summed E-state index contributed by atoms with van der Waals surface area (Å²) in [5, 5.41) is 15.1. The zero-order valence-electron chi connectivity index (χ0n) is 12.4. The van der Waals surface area contributed by atoms with Gasteiger partial charge in [-0.05, 0) is 37.2 Å². The van der Waals surface area contributed by atoms with Crippen LogP contribution in [0.15, 0.2) is 24.3 Å². The van der Waals surface area contributed by atoms with Crippen molar-refractivity contribution < 1.29 is 5.11 Å². The summed E-state index contributed by atoms with van der Waals surface area (Å²) in [7, 11) is 1.90. The Kier molecular flexibility index (Phi) is 4.63. The monoisotopic (exact) mass is 338 g/mol. The molecule has 1 fully saturated rings. The Hall–Kier alpha value is -1.21. The van der Waals surface area contributed by atoms with Gasteiger partial charge in [0.05, 0.1) is 17.8 Å². The Morgan fingerprint density at radius 3 is 2.91 bits per heavy atom. The zero-order chi connectivity index (χ0) is 15.7. The Morgan fingerprint density at radius 1 is 1.41 bits per heavy atom. The van der Waals surface area contributed by atoms with Crippen LogP contribution in [-0.4, -0.2) is 43.5 Å². The number of benzene rings is 1. The lowest BCUT2D eigenvalue weighted by Gasteiger charge is -2.29. The molecule has 0 bridgehead atoms. The smallest absolute Gasteiger partial charge is 0.199 e. The summed E-state index contributed by atoms with van der Waals surface area (Å²) >= 11 is 11.7. The van der Waals surface area contributed by atoms with Gasteiger partial charge in [-0.15, -0.1) is 0 Å². The summed E-state index contributed by atoms with van der Waals surface area (Å²) < 4.78 is 4.32. The van der Waals surface area contributed by atoms with Gasteiger partial charge in [0.2, 0.25) is 0 Å². The number of hydrogen-bond acceptors (Lipinski definition) is 4. The fraction of sp³-hybridized carbons (Fsp3) is 0.467. The first-order valence-electron chi connectivity index (χ1n) is 7.35. The number of rotatable bonds is 3. The molecule has 5 nitrogen and oxygen atoms in total. The minimum atomic E-state index is -0.255. The number of nitrogens with zero attached hydrogens (tertiary/aromatic N) is 4. The van der Waals surface area contributed by atoms with Crippen LogP contribution in [0.1, 0.15) is 12.8 Å². The highest BCUT2D eigenvalue weighted by Gasteiger charge is 2.19. The molecule has 0 amide bonds. The number of halogens is 1. The van der Waals surface area contributed by atoms with Crippen molar-refractivity contribution >= 4 is 23.8 Å². The van der Waals surface area contributed by atoms with Crippen molar-refractivity contribution in [2.75, 3.05) is 13.1 Å². The number of aliphatic hydroxyl groups excluding tert-OH is 1. The maximum Gasteiger partial charge on any atom is 0.199 e. The lowest BCUT2D eigenvalue weighted by atomic mass is 10.1. The summed E-state index contributed by atoms with van der Waals surface area (Å²) in [5.74, 6) is 0.758. The molecular weight excluding hydrogens is 320 g/mol. The second kappa shape index (κ2) is 6.50. The van der Waals surface area contributed by atoms with E-state index in [-0.39, 0.29) is 6.10 Å². The first-order valence-corrected chi connectivity index (χ1v) is 8.14. The number of piperidine rings is 1. The fourth-order valence-corrected chi connectivity index (χ4v) is 3.21. The van der Waals surface area contributed by atoms with E-state index in [4.69, 9.17) is 23.8 Å². The van der Waals surface area contributed by atoms with Gasteiger partial charge in [-0.25, -0.2) is 4.68 Å². The van der Waals surface area contributed by atoms with Crippen LogP contribution in [-0.2, 0) is 13.7 Å². The normalized spacial score (nSPS) is 19.5. The van der Waals surface area contributed by atoms with Gasteiger partial charge in [0.1, 0.15) is 0 Å². The molecule has 1 aromatic heterocycles. The van der Waals surface area contributed by atoms with Gasteiger partial charge in [0.25, 0.3) is 0 Å². The molecule has 1 atom stereocenters. The minimum Gasteiger partial charge on any atom is -0.392 e. The molecule has 2 heterocycles. The van der Waals surface area contributed by atoms with Crippen molar-refractivity contribution in [3.05, 3.63) is 34.1 Å². The fourth-order valence-electron chi connectivity index (χ4n) is 2.81. The second-order valence-electron chi connectivity index (χ2n) is 5.66. The highest BCUT2D eigenvalue weighted by Crippen LogP contribution is 2.26. The largest absolute Gasteiger partial charge is 0.392 e. The van der Waals surface area contributed by atoms with Crippen LogP contribution < -0.4 is 0 Å². The van der Waals surface area contributed by atoms with Crippen LogP contribution in [0.3, 0.4) is 0 Å². The van der Waals surface area contributed by atoms with Gasteiger partial charge in [-0.1, -0.05) is 23.7 Å². The maximum atomic E-state index is 9.78. The number of aromatic nitrogens is 3. The summed E-state index contributed by atoms with van der Waals surface area (Å²) in [4.78, 5) is 2.17. The lowest BCUT2D eigenvalue weighted by Crippen LogP contribution is -2.39. The molecule has 0 spiro atoms. The van der Waals surface area contributed by atoms with E-state index in [0.29, 0.717) is 23.0 Å². The number of β-amino-alcohol motifs (C(OH)–C–C–N with tert-alkyl or cyclic N) is 1. The second-order valence-corrected chi connectivity index (χ2v) is 6.43. The topological polar surface area (TPSA) is 46.2 Å². The van der Waals surface area contributed by atoms with Crippen molar-refractivity contribution in [1.82, 2.24) is 19.2 Å². The van der Waals surface area contributed by atoms with Crippen molar-refractivity contribution in [3.63, 3.8) is 0 Å². The number of aliphatic hydroxyl groups is 1. The number of hydrogen-bond donors (Lipinski definition) is 1. The van der Waals surface area contributed by atoms with Crippen LogP contribution in [0, 0.1) is 4.77 Å². The molecule has 1 aliphatic heterocycles. The van der Waals surface area contributed by atoms with E-state index in [2.05, 4.69) is 10.00 Å². The third kappa shape index (κ3) is 3.10. The molecular formula is C15H19ClN4OS. The molecule has 0 unspecified atom stereocenters. The molecule has 1 aromatic carbocycles. The average molecular weight is 339 g/mol. The SMILES string of the molecule is Cn1c(-c2ccccc2Cl)nn(CN2CCC[C@H](O)C2)c1=S. The highest BCUT2D eigenvalue weighted by atomic mass is 35.5. The van der Waals surface area contributed by atoms with Gasteiger partial charge < -0.3 is 9.67 Å². The van der Waals surface area contributed by atoms with Crippen molar-refractivity contribution in [2.45, 2.75) is 25.6 Å². The highest BCUT2D eigenvalue weighted by molar-refractivity contribution is 7.71. The minimum absolute atomic E-state index is 0.255. The predicted molar refractivity (Wildman–Crippen MR) is 89.3 cm³/mol. The van der Waals surface area contributed by atoms with E-state index in [1.54, 1.807) is 4.68 Å². The van der Waals surface area contributed by atoms with E-state index in [9.17, 15) is 5.11 Å². The van der Waals surface area contributed by atoms with Gasteiger partial charge >= 0.3 is 0 Å². The standard InChI is InChI=1S/C15H19ClN4OS/c1-18-14(12-6-2-3-7-13(12)16)17-20(15(18)22)10-19-8-4-5-11(21)9-19/h2-3,6-7,11,21H,4-5,8-10H2,1H3/t11-/m0/s1. The Balaban J connectivity index is 1.90. The van der Waals surface area contributed by atoms with Crippen LogP contribution in [0.25, 0.3) is 11.4 Å². The molecule has 0 radical (unpaired) electrons. The first-order chi connectivity index (χ1) is 10.6. The molecule has 1 aliphatic rings. The molecule has 3 rings (SSSR count). The van der Waals surface area contributed by atoms with Crippen molar-refractivity contribution in [2.24, 2.45) is 7.05 Å². The first kappa shape index (κ1) is 15.7. The van der Waals surface area contributed by atoms with Crippen LogP contribution in [0.5, 0.6) is 0 Å². The Labute approximate surface area is 139 Å². The molecule has 1 N–H and O–H groups in total. The molecule has 118 valence electrons. The molecule has 0 aliphatic carbocycles. The zero-order valence-corrected chi connectivity index (χ0v) is 14.0. The molecule has 7 heteroatoms.